The van der Waals surface area contributed by atoms with Gasteiger partial charge in [0.25, 0.3) is 0 Å². The van der Waals surface area contributed by atoms with Crippen LogP contribution in [0.3, 0.4) is 0 Å². The molecule has 0 unspecified atom stereocenters. The minimum Gasteiger partial charge on any atom is -0.514 e. The van der Waals surface area contributed by atoms with Crippen LogP contribution in [0.25, 0.3) is 5.57 Å². The fourth-order valence-electron chi connectivity index (χ4n) is 1.18. The number of aliphatic hydroxyl groups is 1. The summed E-state index contributed by atoms with van der Waals surface area (Å²) >= 11 is 0. The smallest absolute Gasteiger partial charge is 0.103 e. The number of nitriles is 1. The van der Waals surface area contributed by atoms with E-state index in [0.717, 1.165) is 23.0 Å². The molecule has 0 atom stereocenters. The average molecular weight is 173 g/mol. The van der Waals surface area contributed by atoms with Crippen LogP contribution in [-0.2, 0) is 0 Å². The standard InChI is InChI=1S/C11H11NO/c1-8-3-4-9(2)11(5-8)10(6-12)7-13/h3-5,7,13H,1-2H3/b10-7+. The zero-order chi connectivity index (χ0) is 9.84. The van der Waals surface area contributed by atoms with Crippen molar-refractivity contribution in [3.63, 3.8) is 0 Å². The Bertz CT molecular complexity index is 386. The Labute approximate surface area is 77.8 Å². The van der Waals surface area contributed by atoms with Crippen molar-refractivity contribution in [3.05, 3.63) is 41.2 Å². The van der Waals surface area contributed by atoms with Crippen LogP contribution in [0.1, 0.15) is 16.7 Å². The molecule has 0 aliphatic carbocycles. The molecule has 0 aliphatic heterocycles. The van der Waals surface area contributed by atoms with E-state index >= 15 is 0 Å². The second-order valence-corrected chi connectivity index (χ2v) is 2.97. The van der Waals surface area contributed by atoms with Crippen LogP contribution in [0.2, 0.25) is 0 Å². The lowest BCUT2D eigenvalue weighted by Crippen LogP contribution is -1.88. The van der Waals surface area contributed by atoms with Gasteiger partial charge in [-0.05, 0) is 25.0 Å². The first-order valence-electron chi connectivity index (χ1n) is 4.01. The monoisotopic (exact) mass is 173 g/mol. The molecule has 0 aliphatic rings. The molecule has 1 rings (SSSR count). The van der Waals surface area contributed by atoms with Gasteiger partial charge in [-0.1, -0.05) is 23.8 Å². The molecular formula is C11H11NO. The first kappa shape index (κ1) is 9.34. The van der Waals surface area contributed by atoms with Gasteiger partial charge in [0.15, 0.2) is 0 Å². The second-order valence-electron chi connectivity index (χ2n) is 2.97. The number of allylic oxidation sites excluding steroid dienone is 1. The largest absolute Gasteiger partial charge is 0.514 e. The molecule has 0 spiro atoms. The SMILES string of the molecule is Cc1ccc(C)c(/C(C#N)=C/O)c1. The van der Waals surface area contributed by atoms with Crippen LogP contribution in [-0.4, -0.2) is 5.11 Å². The molecule has 1 N–H and O–H groups in total. The van der Waals surface area contributed by atoms with Gasteiger partial charge < -0.3 is 5.11 Å². The molecule has 0 bridgehead atoms. The molecule has 0 fully saturated rings. The summed E-state index contributed by atoms with van der Waals surface area (Å²) in [6.45, 7) is 3.87. The lowest BCUT2D eigenvalue weighted by Gasteiger charge is -2.03. The zero-order valence-electron chi connectivity index (χ0n) is 7.70. The highest BCUT2D eigenvalue weighted by Crippen LogP contribution is 2.18. The lowest BCUT2D eigenvalue weighted by atomic mass is 10.0. The fourth-order valence-corrected chi connectivity index (χ4v) is 1.18. The number of benzene rings is 1. The summed E-state index contributed by atoms with van der Waals surface area (Å²) < 4.78 is 0. The first-order valence-corrected chi connectivity index (χ1v) is 4.01. The van der Waals surface area contributed by atoms with Crippen LogP contribution in [0.5, 0.6) is 0 Å². The predicted octanol–water partition coefficient (Wildman–Crippen LogP) is 2.73. The Balaban J connectivity index is 3.30. The summed E-state index contributed by atoms with van der Waals surface area (Å²) in [6.07, 6.45) is 0.849. The van der Waals surface area contributed by atoms with Gasteiger partial charge in [0, 0.05) is 0 Å². The van der Waals surface area contributed by atoms with E-state index in [1.807, 2.05) is 38.1 Å². The van der Waals surface area contributed by atoms with E-state index < -0.39 is 0 Å². The Morgan fingerprint density at radius 3 is 2.69 bits per heavy atom. The highest BCUT2D eigenvalue weighted by Gasteiger charge is 2.03. The predicted molar refractivity (Wildman–Crippen MR) is 52.1 cm³/mol. The number of hydrogen-bond acceptors (Lipinski definition) is 2. The third-order valence-electron chi connectivity index (χ3n) is 1.93. The van der Waals surface area contributed by atoms with E-state index in [2.05, 4.69) is 0 Å². The third-order valence-corrected chi connectivity index (χ3v) is 1.93. The zero-order valence-corrected chi connectivity index (χ0v) is 7.70. The van der Waals surface area contributed by atoms with Crippen molar-refractivity contribution in [1.82, 2.24) is 0 Å². The normalized spacial score (nSPS) is 11.0. The van der Waals surface area contributed by atoms with E-state index in [4.69, 9.17) is 10.4 Å². The molecule has 0 heterocycles. The van der Waals surface area contributed by atoms with Gasteiger partial charge in [-0.15, -0.1) is 0 Å². The Morgan fingerprint density at radius 1 is 1.46 bits per heavy atom. The molecule has 0 aromatic heterocycles. The molecule has 0 radical (unpaired) electrons. The lowest BCUT2D eigenvalue weighted by molar-refractivity contribution is 0.476. The van der Waals surface area contributed by atoms with Gasteiger partial charge in [-0.25, -0.2) is 0 Å². The van der Waals surface area contributed by atoms with Gasteiger partial charge in [0.2, 0.25) is 0 Å². The molecule has 13 heavy (non-hydrogen) atoms. The van der Waals surface area contributed by atoms with Crippen molar-refractivity contribution in [3.8, 4) is 6.07 Å². The van der Waals surface area contributed by atoms with Crippen LogP contribution in [0, 0.1) is 25.2 Å². The highest BCUT2D eigenvalue weighted by molar-refractivity contribution is 5.77. The van der Waals surface area contributed by atoms with Crippen molar-refractivity contribution in [2.24, 2.45) is 0 Å². The van der Waals surface area contributed by atoms with E-state index in [1.54, 1.807) is 0 Å². The molecule has 66 valence electrons. The van der Waals surface area contributed by atoms with Gasteiger partial charge in [0.1, 0.15) is 6.07 Å². The first-order chi connectivity index (χ1) is 6.19. The van der Waals surface area contributed by atoms with Gasteiger partial charge >= 0.3 is 0 Å². The van der Waals surface area contributed by atoms with Crippen molar-refractivity contribution >= 4 is 5.57 Å². The van der Waals surface area contributed by atoms with E-state index in [0.29, 0.717) is 5.57 Å². The van der Waals surface area contributed by atoms with E-state index in [-0.39, 0.29) is 0 Å². The Hall–Kier alpha value is -1.75. The summed E-state index contributed by atoms with van der Waals surface area (Å²) in [5, 5.41) is 17.5. The van der Waals surface area contributed by atoms with Crippen molar-refractivity contribution in [2.45, 2.75) is 13.8 Å². The fraction of sp³-hybridized carbons (Fsp3) is 0.182. The average Bonchev–Trinajstić information content (AvgIpc) is 2.13. The Kier molecular flexibility index (Phi) is 2.71. The van der Waals surface area contributed by atoms with Gasteiger partial charge in [-0.3, -0.25) is 0 Å². The molecular weight excluding hydrogens is 162 g/mol. The maximum absolute atomic E-state index is 8.81. The summed E-state index contributed by atoms with van der Waals surface area (Å²) in [5.41, 5.74) is 3.17. The van der Waals surface area contributed by atoms with E-state index in [1.165, 1.54) is 0 Å². The van der Waals surface area contributed by atoms with Crippen LogP contribution >= 0.6 is 0 Å². The van der Waals surface area contributed by atoms with Gasteiger partial charge in [0.05, 0.1) is 11.8 Å². The number of rotatable bonds is 1. The number of aryl methyl sites for hydroxylation is 2. The summed E-state index contributed by atoms with van der Waals surface area (Å²) in [5.74, 6) is 0. The minimum absolute atomic E-state index is 0.307. The molecule has 2 heteroatoms. The molecule has 1 aromatic rings. The molecule has 0 amide bonds. The second kappa shape index (κ2) is 3.77. The molecule has 0 saturated carbocycles. The third kappa shape index (κ3) is 1.88. The minimum atomic E-state index is 0.307. The van der Waals surface area contributed by atoms with Crippen molar-refractivity contribution in [1.29, 1.82) is 5.26 Å². The summed E-state index contributed by atoms with van der Waals surface area (Å²) in [4.78, 5) is 0. The van der Waals surface area contributed by atoms with Crippen LogP contribution in [0.15, 0.2) is 24.5 Å². The Morgan fingerprint density at radius 2 is 2.15 bits per heavy atom. The number of nitrogens with zero attached hydrogens (tertiary/aromatic N) is 1. The molecule has 2 nitrogen and oxygen atoms in total. The van der Waals surface area contributed by atoms with E-state index in [9.17, 15) is 0 Å². The number of hydrogen-bond donors (Lipinski definition) is 1. The topological polar surface area (TPSA) is 44.0 Å². The van der Waals surface area contributed by atoms with Crippen LogP contribution in [0.4, 0.5) is 0 Å². The van der Waals surface area contributed by atoms with Crippen LogP contribution < -0.4 is 0 Å². The van der Waals surface area contributed by atoms with Crippen molar-refractivity contribution < 1.29 is 5.11 Å². The molecule has 0 saturated heterocycles. The number of aliphatic hydroxyl groups excluding tert-OH is 1. The maximum Gasteiger partial charge on any atom is 0.103 e. The quantitative estimate of drug-likeness (QED) is 0.524. The molecule has 1 aromatic carbocycles. The highest BCUT2D eigenvalue weighted by atomic mass is 16.2. The summed E-state index contributed by atoms with van der Waals surface area (Å²) in [6, 6.07) is 7.75. The van der Waals surface area contributed by atoms with Gasteiger partial charge in [-0.2, -0.15) is 5.26 Å². The maximum atomic E-state index is 8.81. The van der Waals surface area contributed by atoms with Crippen molar-refractivity contribution in [2.75, 3.05) is 0 Å². The summed E-state index contributed by atoms with van der Waals surface area (Å²) in [7, 11) is 0.